The molecule has 0 radical (unpaired) electrons. The molecule has 0 amide bonds. The molecule has 1 atom stereocenters. The zero-order chi connectivity index (χ0) is 16.4. The van der Waals surface area contributed by atoms with Gasteiger partial charge in [-0.25, -0.2) is 0 Å². The summed E-state index contributed by atoms with van der Waals surface area (Å²) in [5, 5.41) is 0. The minimum absolute atomic E-state index is 0.109. The fourth-order valence-electron chi connectivity index (χ4n) is 3.59. The number of ether oxygens (including phenoxy) is 1. The van der Waals surface area contributed by atoms with Gasteiger partial charge in [0.25, 0.3) is 0 Å². The lowest BCUT2D eigenvalue weighted by Crippen LogP contribution is -2.30. The second-order valence-electron chi connectivity index (χ2n) is 6.80. The van der Waals surface area contributed by atoms with Gasteiger partial charge in [0.1, 0.15) is 5.75 Å². The van der Waals surface area contributed by atoms with Crippen LogP contribution in [0.5, 0.6) is 5.75 Å². The number of carbonyl (C=O) groups excluding carboxylic acids is 1. The Hall–Kier alpha value is -2.35. The average molecular weight is 306 g/mol. The van der Waals surface area contributed by atoms with Crippen molar-refractivity contribution in [2.45, 2.75) is 26.2 Å². The van der Waals surface area contributed by atoms with Crippen molar-refractivity contribution in [2.75, 3.05) is 7.11 Å². The third-order valence-electron chi connectivity index (χ3n) is 4.60. The molecule has 0 N–H and O–H groups in total. The summed E-state index contributed by atoms with van der Waals surface area (Å²) >= 11 is 0. The van der Waals surface area contributed by atoms with Gasteiger partial charge in [-0.2, -0.15) is 0 Å². The van der Waals surface area contributed by atoms with Crippen molar-refractivity contribution in [2.24, 2.45) is 5.41 Å². The first kappa shape index (κ1) is 15.5. The van der Waals surface area contributed by atoms with Gasteiger partial charge in [0, 0.05) is 12.3 Å². The smallest absolute Gasteiger partial charge is 0.156 e. The van der Waals surface area contributed by atoms with Gasteiger partial charge in [-0.3, -0.25) is 4.79 Å². The fraction of sp³-hybridized carbons (Fsp3) is 0.286. The molecule has 23 heavy (non-hydrogen) atoms. The summed E-state index contributed by atoms with van der Waals surface area (Å²) in [5.41, 5.74) is 3.33. The lowest BCUT2D eigenvalue weighted by Gasteiger charge is -2.39. The molecule has 0 bridgehead atoms. The highest BCUT2D eigenvalue weighted by atomic mass is 16.5. The highest BCUT2D eigenvalue weighted by Gasteiger charge is 2.39. The number of benzene rings is 2. The van der Waals surface area contributed by atoms with Crippen molar-refractivity contribution in [3.05, 3.63) is 71.8 Å². The van der Waals surface area contributed by atoms with Crippen LogP contribution >= 0.6 is 0 Å². The summed E-state index contributed by atoms with van der Waals surface area (Å²) in [6, 6.07) is 18.4. The van der Waals surface area contributed by atoms with Crippen molar-refractivity contribution in [3.63, 3.8) is 0 Å². The van der Waals surface area contributed by atoms with Crippen LogP contribution in [0.15, 0.2) is 60.7 Å². The van der Waals surface area contributed by atoms with Gasteiger partial charge < -0.3 is 4.74 Å². The summed E-state index contributed by atoms with van der Waals surface area (Å²) in [6.07, 6.45) is 2.40. The van der Waals surface area contributed by atoms with Gasteiger partial charge in [-0.15, -0.1) is 0 Å². The van der Waals surface area contributed by atoms with Crippen LogP contribution in [0.2, 0.25) is 0 Å². The topological polar surface area (TPSA) is 26.3 Å². The van der Waals surface area contributed by atoms with E-state index >= 15 is 0 Å². The molecule has 2 nitrogen and oxygen atoms in total. The molecule has 2 heteroatoms. The van der Waals surface area contributed by atoms with Crippen LogP contribution in [0.3, 0.4) is 0 Å². The van der Waals surface area contributed by atoms with Crippen LogP contribution in [-0.2, 0) is 4.79 Å². The lowest BCUT2D eigenvalue weighted by molar-refractivity contribution is -0.117. The highest BCUT2D eigenvalue weighted by molar-refractivity contribution is 6.00. The number of allylic oxidation sites excluding steroid dienone is 2. The molecule has 1 unspecified atom stereocenters. The minimum atomic E-state index is -0.109. The Bertz CT molecular complexity index is 724. The van der Waals surface area contributed by atoms with Crippen LogP contribution in [0.25, 0.3) is 5.57 Å². The Morgan fingerprint density at radius 3 is 2.26 bits per heavy atom. The Morgan fingerprint density at radius 2 is 1.65 bits per heavy atom. The molecule has 1 aliphatic carbocycles. The molecule has 3 rings (SSSR count). The van der Waals surface area contributed by atoms with Crippen molar-refractivity contribution >= 4 is 11.4 Å². The molecule has 118 valence electrons. The third kappa shape index (κ3) is 3.07. The van der Waals surface area contributed by atoms with Crippen LogP contribution in [-0.4, -0.2) is 12.9 Å². The van der Waals surface area contributed by atoms with Crippen molar-refractivity contribution in [3.8, 4) is 5.75 Å². The monoisotopic (exact) mass is 306 g/mol. The SMILES string of the molecule is COc1ccc(C2=CC(=O)CC(C)(C)C2c2ccccc2)cc1. The number of hydrogen-bond donors (Lipinski definition) is 0. The molecule has 2 aromatic rings. The quantitative estimate of drug-likeness (QED) is 0.809. The normalized spacial score (nSPS) is 20.0. The number of ketones is 1. The molecule has 0 heterocycles. The molecule has 0 saturated heterocycles. The van der Waals surface area contributed by atoms with Crippen LogP contribution in [0.4, 0.5) is 0 Å². The van der Waals surface area contributed by atoms with E-state index in [4.69, 9.17) is 4.74 Å². The van der Waals surface area contributed by atoms with E-state index in [-0.39, 0.29) is 17.1 Å². The average Bonchev–Trinajstić information content (AvgIpc) is 2.54. The molecular formula is C21H22O2. The molecular weight excluding hydrogens is 284 g/mol. The van der Waals surface area contributed by atoms with E-state index in [1.165, 1.54) is 5.56 Å². The first-order valence-electron chi connectivity index (χ1n) is 7.95. The zero-order valence-electron chi connectivity index (χ0n) is 13.9. The third-order valence-corrected chi connectivity index (χ3v) is 4.60. The van der Waals surface area contributed by atoms with Gasteiger partial charge in [0.15, 0.2) is 5.78 Å². The van der Waals surface area contributed by atoms with Gasteiger partial charge in [-0.05, 0) is 40.3 Å². The second-order valence-corrected chi connectivity index (χ2v) is 6.80. The van der Waals surface area contributed by atoms with E-state index in [0.717, 1.165) is 16.9 Å². The number of methoxy groups -OCH3 is 1. The Labute approximate surface area is 137 Å². The van der Waals surface area contributed by atoms with Gasteiger partial charge >= 0.3 is 0 Å². The Kier molecular flexibility index (Phi) is 4.08. The molecule has 2 aromatic carbocycles. The predicted molar refractivity (Wildman–Crippen MR) is 93.6 cm³/mol. The van der Waals surface area contributed by atoms with Gasteiger partial charge in [-0.1, -0.05) is 56.3 Å². The maximum absolute atomic E-state index is 12.3. The summed E-state index contributed by atoms with van der Waals surface area (Å²) in [5.74, 6) is 1.23. The number of carbonyl (C=O) groups is 1. The van der Waals surface area contributed by atoms with Gasteiger partial charge in [0.05, 0.1) is 7.11 Å². The summed E-state index contributed by atoms with van der Waals surface area (Å²) in [4.78, 5) is 12.3. The first-order chi connectivity index (χ1) is 11.0. The van der Waals surface area contributed by atoms with Crippen LogP contribution in [0.1, 0.15) is 37.3 Å². The Morgan fingerprint density at radius 1 is 1.00 bits per heavy atom. The maximum Gasteiger partial charge on any atom is 0.156 e. The molecule has 0 aromatic heterocycles. The van der Waals surface area contributed by atoms with E-state index < -0.39 is 0 Å². The Balaban J connectivity index is 2.11. The van der Waals surface area contributed by atoms with E-state index in [9.17, 15) is 4.79 Å². The van der Waals surface area contributed by atoms with Crippen LogP contribution < -0.4 is 4.74 Å². The summed E-state index contributed by atoms with van der Waals surface area (Å²) < 4.78 is 5.24. The first-order valence-corrected chi connectivity index (χ1v) is 7.95. The van der Waals surface area contributed by atoms with Crippen molar-refractivity contribution in [1.29, 1.82) is 0 Å². The lowest BCUT2D eigenvalue weighted by atomic mass is 9.64. The minimum Gasteiger partial charge on any atom is -0.497 e. The summed E-state index contributed by atoms with van der Waals surface area (Å²) in [6.45, 7) is 4.36. The predicted octanol–water partition coefficient (Wildman–Crippen LogP) is 4.86. The second kappa shape index (κ2) is 6.04. The fourth-order valence-corrected chi connectivity index (χ4v) is 3.59. The van der Waals surface area contributed by atoms with Crippen molar-refractivity contribution in [1.82, 2.24) is 0 Å². The zero-order valence-corrected chi connectivity index (χ0v) is 13.9. The van der Waals surface area contributed by atoms with E-state index in [1.807, 2.05) is 36.4 Å². The number of hydrogen-bond acceptors (Lipinski definition) is 2. The molecule has 0 spiro atoms. The van der Waals surface area contributed by atoms with Crippen LogP contribution in [0, 0.1) is 5.41 Å². The summed E-state index contributed by atoms with van der Waals surface area (Å²) in [7, 11) is 1.66. The maximum atomic E-state index is 12.3. The van der Waals surface area contributed by atoms with Gasteiger partial charge in [0.2, 0.25) is 0 Å². The van der Waals surface area contributed by atoms with E-state index in [1.54, 1.807) is 7.11 Å². The molecule has 0 aliphatic heterocycles. The standard InChI is InChI=1S/C21H22O2/c1-21(2)14-17(22)13-19(15-9-11-18(23-3)12-10-15)20(21)16-7-5-4-6-8-16/h4-13,20H,14H2,1-3H3. The molecule has 0 fully saturated rings. The van der Waals surface area contributed by atoms with E-state index in [0.29, 0.717) is 6.42 Å². The largest absolute Gasteiger partial charge is 0.497 e. The number of rotatable bonds is 3. The molecule has 1 aliphatic rings. The van der Waals surface area contributed by atoms with Crippen molar-refractivity contribution < 1.29 is 9.53 Å². The highest BCUT2D eigenvalue weighted by Crippen LogP contribution is 2.50. The molecule has 0 saturated carbocycles. The van der Waals surface area contributed by atoms with E-state index in [2.05, 4.69) is 38.1 Å².